The highest BCUT2D eigenvalue weighted by molar-refractivity contribution is 7.89. The summed E-state index contributed by atoms with van der Waals surface area (Å²) in [7, 11) is -3.56. The Morgan fingerprint density at radius 3 is 2.41 bits per heavy atom. The van der Waals surface area contributed by atoms with Gasteiger partial charge in [-0.05, 0) is 49.4 Å². The van der Waals surface area contributed by atoms with E-state index in [9.17, 15) is 13.2 Å². The van der Waals surface area contributed by atoms with Crippen molar-refractivity contribution < 1.29 is 22.5 Å². The van der Waals surface area contributed by atoms with Crippen LogP contribution in [0.4, 0.5) is 0 Å². The number of benzene rings is 1. The Hall–Kier alpha value is -2.19. The van der Waals surface area contributed by atoms with E-state index < -0.39 is 16.0 Å². The fourth-order valence-corrected chi connectivity index (χ4v) is 5.10. The first-order valence-electron chi connectivity index (χ1n) is 8.95. The predicted molar refractivity (Wildman–Crippen MR) is 98.5 cm³/mol. The van der Waals surface area contributed by atoms with Crippen molar-refractivity contribution in [2.75, 3.05) is 13.1 Å². The zero-order valence-electron chi connectivity index (χ0n) is 15.7. The molecule has 2 atom stereocenters. The van der Waals surface area contributed by atoms with Gasteiger partial charge in [0.15, 0.2) is 12.4 Å². The lowest BCUT2D eigenvalue weighted by atomic mass is 9.94. The van der Waals surface area contributed by atoms with Gasteiger partial charge >= 0.3 is 5.97 Å². The van der Waals surface area contributed by atoms with Crippen LogP contribution in [0, 0.1) is 18.8 Å². The Labute approximate surface area is 159 Å². The topological polar surface area (TPSA) is 89.7 Å². The molecule has 1 aromatic heterocycles. The van der Waals surface area contributed by atoms with E-state index in [1.807, 2.05) is 0 Å². The molecule has 0 aliphatic carbocycles. The average Bonchev–Trinajstić information content (AvgIpc) is 3.04. The second-order valence-corrected chi connectivity index (χ2v) is 9.24. The van der Waals surface area contributed by atoms with Crippen LogP contribution in [0.1, 0.15) is 42.1 Å². The van der Waals surface area contributed by atoms with Crippen LogP contribution in [-0.2, 0) is 21.4 Å². The van der Waals surface area contributed by atoms with Crippen molar-refractivity contribution in [2.24, 2.45) is 11.8 Å². The zero-order chi connectivity index (χ0) is 19.6. The largest absolute Gasteiger partial charge is 0.454 e. The molecule has 0 spiro atoms. The molecule has 1 saturated heterocycles. The maximum absolute atomic E-state index is 12.9. The summed E-state index contributed by atoms with van der Waals surface area (Å²) < 4.78 is 37.4. The van der Waals surface area contributed by atoms with Gasteiger partial charge < -0.3 is 9.26 Å². The van der Waals surface area contributed by atoms with Crippen LogP contribution in [0.2, 0.25) is 0 Å². The number of hydrogen-bond donors (Lipinski definition) is 0. The van der Waals surface area contributed by atoms with Crippen molar-refractivity contribution in [1.82, 2.24) is 9.46 Å². The van der Waals surface area contributed by atoms with Gasteiger partial charge in [0.1, 0.15) is 0 Å². The quantitative estimate of drug-likeness (QED) is 0.727. The number of hydrogen-bond acceptors (Lipinski definition) is 6. The van der Waals surface area contributed by atoms with E-state index >= 15 is 0 Å². The summed E-state index contributed by atoms with van der Waals surface area (Å²) in [6, 6.07) is 7.53. The minimum atomic E-state index is -3.56. The molecule has 0 bridgehead atoms. The number of piperidine rings is 1. The molecule has 0 amide bonds. The van der Waals surface area contributed by atoms with Crippen molar-refractivity contribution in [2.45, 2.75) is 38.7 Å². The molecule has 1 fully saturated rings. The van der Waals surface area contributed by atoms with Gasteiger partial charge in [-0.1, -0.05) is 19.0 Å². The predicted octanol–water partition coefficient (Wildman–Crippen LogP) is 3.01. The number of aromatic nitrogens is 1. The first-order chi connectivity index (χ1) is 12.8. The Morgan fingerprint density at radius 2 is 1.85 bits per heavy atom. The number of esters is 1. The second-order valence-electron chi connectivity index (χ2n) is 7.30. The van der Waals surface area contributed by atoms with Crippen molar-refractivity contribution in [3.05, 3.63) is 47.3 Å². The van der Waals surface area contributed by atoms with Crippen LogP contribution in [0.15, 0.2) is 39.8 Å². The Bertz CT molecular complexity index is 894. The van der Waals surface area contributed by atoms with Gasteiger partial charge in [-0.15, -0.1) is 0 Å². The number of ether oxygens (including phenoxy) is 1. The van der Waals surface area contributed by atoms with Crippen LogP contribution >= 0.6 is 0 Å². The number of carbonyl (C=O) groups is 1. The Balaban J connectivity index is 1.67. The number of sulfonamides is 1. The van der Waals surface area contributed by atoms with E-state index in [2.05, 4.69) is 19.0 Å². The molecule has 8 heteroatoms. The standard InChI is InChI=1S/C19H24N2O5S/c1-13-8-14(2)11-21(10-13)27(23,24)18-6-4-16(5-7-18)19(22)25-12-17-9-15(3)20-26-17/h4-7,9,13-14H,8,10-12H2,1-3H3. The molecule has 0 N–H and O–H groups in total. The summed E-state index contributed by atoms with van der Waals surface area (Å²) in [6.45, 7) is 6.92. The summed E-state index contributed by atoms with van der Waals surface area (Å²) >= 11 is 0. The molecule has 0 radical (unpaired) electrons. The smallest absolute Gasteiger partial charge is 0.338 e. The van der Waals surface area contributed by atoms with Gasteiger partial charge in [0.25, 0.3) is 0 Å². The highest BCUT2D eigenvalue weighted by atomic mass is 32.2. The normalized spacial score (nSPS) is 21.1. The highest BCUT2D eigenvalue weighted by Crippen LogP contribution is 2.26. The molecule has 2 unspecified atom stereocenters. The molecule has 146 valence electrons. The molecule has 0 saturated carbocycles. The van der Waals surface area contributed by atoms with E-state index in [4.69, 9.17) is 9.26 Å². The fraction of sp³-hybridized carbons (Fsp3) is 0.474. The molecule has 1 aliphatic rings. The van der Waals surface area contributed by atoms with Crippen LogP contribution < -0.4 is 0 Å². The van der Waals surface area contributed by atoms with Crippen molar-refractivity contribution in [3.63, 3.8) is 0 Å². The number of rotatable bonds is 5. The summed E-state index contributed by atoms with van der Waals surface area (Å²) in [4.78, 5) is 12.3. The molecule has 2 heterocycles. The van der Waals surface area contributed by atoms with E-state index in [1.54, 1.807) is 13.0 Å². The van der Waals surface area contributed by atoms with Crippen LogP contribution in [-0.4, -0.2) is 36.9 Å². The first kappa shape index (κ1) is 19.6. The number of aryl methyl sites for hydroxylation is 1. The Kier molecular flexibility index (Phi) is 5.67. The highest BCUT2D eigenvalue weighted by Gasteiger charge is 2.31. The monoisotopic (exact) mass is 392 g/mol. The minimum absolute atomic E-state index is 0.0245. The van der Waals surface area contributed by atoms with Gasteiger partial charge in [0.2, 0.25) is 10.0 Å². The molecule has 7 nitrogen and oxygen atoms in total. The van der Waals surface area contributed by atoms with E-state index in [0.29, 0.717) is 36.4 Å². The Morgan fingerprint density at radius 1 is 1.22 bits per heavy atom. The third-order valence-electron chi connectivity index (χ3n) is 4.59. The number of carbonyl (C=O) groups excluding carboxylic acids is 1. The van der Waals surface area contributed by atoms with Crippen molar-refractivity contribution in [3.8, 4) is 0 Å². The lowest BCUT2D eigenvalue weighted by Crippen LogP contribution is -2.42. The SMILES string of the molecule is Cc1cc(COC(=O)c2ccc(S(=O)(=O)N3CC(C)CC(C)C3)cc2)on1. The number of nitrogens with zero attached hydrogens (tertiary/aromatic N) is 2. The zero-order valence-corrected chi connectivity index (χ0v) is 16.5. The van der Waals surface area contributed by atoms with Crippen molar-refractivity contribution in [1.29, 1.82) is 0 Å². The van der Waals surface area contributed by atoms with Gasteiger partial charge in [0.05, 0.1) is 16.2 Å². The van der Waals surface area contributed by atoms with Gasteiger partial charge in [-0.2, -0.15) is 4.31 Å². The summed E-state index contributed by atoms with van der Waals surface area (Å²) in [5, 5.41) is 3.72. The van der Waals surface area contributed by atoms with Crippen LogP contribution in [0.25, 0.3) is 0 Å². The lowest BCUT2D eigenvalue weighted by Gasteiger charge is -2.34. The van der Waals surface area contributed by atoms with Crippen LogP contribution in [0.5, 0.6) is 0 Å². The molecular weight excluding hydrogens is 368 g/mol. The average molecular weight is 392 g/mol. The first-order valence-corrected chi connectivity index (χ1v) is 10.4. The summed E-state index contributed by atoms with van der Waals surface area (Å²) in [5.74, 6) is 0.566. The molecule has 1 aromatic carbocycles. The molecule has 3 rings (SSSR count). The fourth-order valence-electron chi connectivity index (χ4n) is 3.42. The molecule has 2 aromatic rings. The van der Waals surface area contributed by atoms with E-state index in [1.165, 1.54) is 28.6 Å². The van der Waals surface area contributed by atoms with Gasteiger partial charge in [-0.3, -0.25) is 0 Å². The summed E-state index contributed by atoms with van der Waals surface area (Å²) in [5.41, 5.74) is 0.988. The molecule has 27 heavy (non-hydrogen) atoms. The minimum Gasteiger partial charge on any atom is -0.454 e. The summed E-state index contributed by atoms with van der Waals surface area (Å²) in [6.07, 6.45) is 1.03. The maximum Gasteiger partial charge on any atom is 0.338 e. The second kappa shape index (κ2) is 7.82. The van der Waals surface area contributed by atoms with E-state index in [-0.39, 0.29) is 17.1 Å². The van der Waals surface area contributed by atoms with Gasteiger partial charge in [0, 0.05) is 19.2 Å². The van der Waals surface area contributed by atoms with Gasteiger partial charge in [-0.25, -0.2) is 13.2 Å². The van der Waals surface area contributed by atoms with E-state index in [0.717, 1.165) is 6.42 Å². The third kappa shape index (κ3) is 4.56. The molecule has 1 aliphatic heterocycles. The van der Waals surface area contributed by atoms with Crippen molar-refractivity contribution >= 4 is 16.0 Å². The molecular formula is C19H24N2O5S. The maximum atomic E-state index is 12.9. The van der Waals surface area contributed by atoms with Crippen LogP contribution in [0.3, 0.4) is 0 Å². The third-order valence-corrected chi connectivity index (χ3v) is 6.43. The lowest BCUT2D eigenvalue weighted by molar-refractivity contribution is 0.0437.